The van der Waals surface area contributed by atoms with Crippen molar-refractivity contribution < 1.29 is 9.53 Å². The van der Waals surface area contributed by atoms with Gasteiger partial charge in [-0.1, -0.05) is 6.92 Å². The Balaban J connectivity index is 2.30. The second-order valence-electron chi connectivity index (χ2n) is 2.89. The molecule has 0 N–H and O–H groups in total. The van der Waals surface area contributed by atoms with E-state index in [1.807, 2.05) is 26.2 Å². The Labute approximate surface area is 77.5 Å². The average molecular weight is 182 g/mol. The summed E-state index contributed by atoms with van der Waals surface area (Å²) in [7, 11) is 1.83. The zero-order chi connectivity index (χ0) is 9.68. The van der Waals surface area contributed by atoms with Crippen LogP contribution >= 0.6 is 0 Å². The van der Waals surface area contributed by atoms with Crippen molar-refractivity contribution in [3.8, 4) is 0 Å². The van der Waals surface area contributed by atoms with Gasteiger partial charge in [-0.25, -0.2) is 0 Å². The van der Waals surface area contributed by atoms with Gasteiger partial charge in [0, 0.05) is 19.7 Å². The van der Waals surface area contributed by atoms with E-state index in [9.17, 15) is 4.79 Å². The van der Waals surface area contributed by atoms with Crippen molar-refractivity contribution in [1.29, 1.82) is 0 Å². The molecule has 0 unspecified atom stereocenters. The van der Waals surface area contributed by atoms with Gasteiger partial charge in [0.1, 0.15) is 6.61 Å². The molecule has 0 aromatic carbocycles. The van der Waals surface area contributed by atoms with E-state index in [1.54, 1.807) is 4.68 Å². The predicted octanol–water partition coefficient (Wildman–Crippen LogP) is 1.26. The largest absolute Gasteiger partial charge is 0.459 e. The summed E-state index contributed by atoms with van der Waals surface area (Å²) in [5.41, 5.74) is 0.784. The van der Waals surface area contributed by atoms with Crippen LogP contribution in [0, 0.1) is 0 Å². The first kappa shape index (κ1) is 9.77. The molecule has 0 spiro atoms. The van der Waals surface area contributed by atoms with E-state index in [0.29, 0.717) is 6.42 Å². The Morgan fingerprint density at radius 3 is 3.00 bits per heavy atom. The summed E-state index contributed by atoms with van der Waals surface area (Å²) in [4.78, 5) is 11.0. The molecule has 0 aliphatic heterocycles. The predicted molar refractivity (Wildman–Crippen MR) is 47.9 cm³/mol. The summed E-state index contributed by atoms with van der Waals surface area (Å²) >= 11 is 0. The quantitative estimate of drug-likeness (QED) is 0.658. The second-order valence-corrected chi connectivity index (χ2v) is 2.89. The molecule has 0 atom stereocenters. The zero-order valence-corrected chi connectivity index (χ0v) is 7.99. The number of hydrogen-bond donors (Lipinski definition) is 0. The van der Waals surface area contributed by atoms with Gasteiger partial charge in [-0.15, -0.1) is 0 Å². The summed E-state index contributed by atoms with van der Waals surface area (Å²) < 4.78 is 6.65. The molecule has 0 aliphatic carbocycles. The van der Waals surface area contributed by atoms with E-state index < -0.39 is 0 Å². The third kappa shape index (κ3) is 3.27. The molecule has 0 saturated carbocycles. The number of ether oxygens (including phenoxy) is 1. The SMILES string of the molecule is CCCC(=O)OCc1ccn(C)n1. The number of esters is 1. The Hall–Kier alpha value is -1.32. The van der Waals surface area contributed by atoms with Crippen LogP contribution in [0.25, 0.3) is 0 Å². The number of rotatable bonds is 4. The molecule has 0 saturated heterocycles. The van der Waals surface area contributed by atoms with E-state index in [0.717, 1.165) is 12.1 Å². The molecule has 0 amide bonds. The molecule has 4 nitrogen and oxygen atoms in total. The first-order valence-electron chi connectivity index (χ1n) is 4.36. The molecular formula is C9H14N2O2. The van der Waals surface area contributed by atoms with E-state index in [2.05, 4.69) is 5.10 Å². The van der Waals surface area contributed by atoms with E-state index >= 15 is 0 Å². The molecule has 0 fully saturated rings. The minimum absolute atomic E-state index is 0.159. The minimum atomic E-state index is -0.159. The van der Waals surface area contributed by atoms with Crippen LogP contribution in [0.3, 0.4) is 0 Å². The summed E-state index contributed by atoms with van der Waals surface area (Å²) in [5, 5.41) is 4.08. The van der Waals surface area contributed by atoms with Crippen LogP contribution in [0.4, 0.5) is 0 Å². The van der Waals surface area contributed by atoms with Crippen LogP contribution in [0.5, 0.6) is 0 Å². The van der Waals surface area contributed by atoms with Gasteiger partial charge < -0.3 is 4.74 Å². The number of aromatic nitrogens is 2. The lowest BCUT2D eigenvalue weighted by atomic mass is 10.3. The highest BCUT2D eigenvalue weighted by Gasteiger charge is 2.02. The molecule has 0 radical (unpaired) electrons. The molecule has 13 heavy (non-hydrogen) atoms. The normalized spacial score (nSPS) is 10.0. The van der Waals surface area contributed by atoms with Gasteiger partial charge >= 0.3 is 5.97 Å². The summed E-state index contributed by atoms with van der Waals surface area (Å²) in [5.74, 6) is -0.159. The summed E-state index contributed by atoms with van der Waals surface area (Å²) in [6.45, 7) is 2.22. The first-order chi connectivity index (χ1) is 6.22. The Morgan fingerprint density at radius 2 is 2.46 bits per heavy atom. The Bertz CT molecular complexity index is 281. The van der Waals surface area contributed by atoms with Crippen LogP contribution < -0.4 is 0 Å². The molecule has 72 valence electrons. The minimum Gasteiger partial charge on any atom is -0.459 e. The standard InChI is InChI=1S/C9H14N2O2/c1-3-4-9(12)13-7-8-5-6-11(2)10-8/h5-6H,3-4,7H2,1-2H3. The van der Waals surface area contributed by atoms with Crippen molar-refractivity contribution >= 4 is 5.97 Å². The maximum atomic E-state index is 11.0. The van der Waals surface area contributed by atoms with Crippen LogP contribution in [0.1, 0.15) is 25.5 Å². The number of nitrogens with zero attached hydrogens (tertiary/aromatic N) is 2. The Morgan fingerprint density at radius 1 is 1.69 bits per heavy atom. The van der Waals surface area contributed by atoms with Gasteiger partial charge in [0.15, 0.2) is 0 Å². The van der Waals surface area contributed by atoms with Crippen molar-refractivity contribution in [2.75, 3.05) is 0 Å². The lowest BCUT2D eigenvalue weighted by molar-refractivity contribution is -0.145. The van der Waals surface area contributed by atoms with Crippen molar-refractivity contribution in [2.24, 2.45) is 7.05 Å². The first-order valence-corrected chi connectivity index (χ1v) is 4.36. The number of aryl methyl sites for hydroxylation is 1. The van der Waals surface area contributed by atoms with Gasteiger partial charge in [-0.3, -0.25) is 9.48 Å². The van der Waals surface area contributed by atoms with Crippen LogP contribution in [-0.2, 0) is 23.2 Å². The molecule has 4 heteroatoms. The number of hydrogen-bond acceptors (Lipinski definition) is 3. The van der Waals surface area contributed by atoms with E-state index in [-0.39, 0.29) is 12.6 Å². The molecule has 1 heterocycles. The molecule has 0 aliphatic rings. The monoisotopic (exact) mass is 182 g/mol. The molecular weight excluding hydrogens is 168 g/mol. The Kier molecular flexibility index (Phi) is 3.49. The fraction of sp³-hybridized carbons (Fsp3) is 0.556. The van der Waals surface area contributed by atoms with Crippen LogP contribution in [0.2, 0.25) is 0 Å². The maximum absolute atomic E-state index is 11.0. The van der Waals surface area contributed by atoms with Crippen molar-refractivity contribution in [1.82, 2.24) is 9.78 Å². The van der Waals surface area contributed by atoms with Crippen LogP contribution in [0.15, 0.2) is 12.3 Å². The van der Waals surface area contributed by atoms with Gasteiger partial charge in [0.2, 0.25) is 0 Å². The highest BCUT2D eigenvalue weighted by molar-refractivity contribution is 5.69. The van der Waals surface area contributed by atoms with Crippen molar-refractivity contribution in [3.63, 3.8) is 0 Å². The maximum Gasteiger partial charge on any atom is 0.306 e. The van der Waals surface area contributed by atoms with Crippen molar-refractivity contribution in [3.05, 3.63) is 18.0 Å². The third-order valence-electron chi connectivity index (χ3n) is 1.60. The lowest BCUT2D eigenvalue weighted by Crippen LogP contribution is -2.04. The van der Waals surface area contributed by atoms with E-state index in [4.69, 9.17) is 4.74 Å². The third-order valence-corrected chi connectivity index (χ3v) is 1.60. The molecule has 1 aromatic heterocycles. The summed E-state index contributed by atoms with van der Waals surface area (Å²) in [6.07, 6.45) is 3.12. The fourth-order valence-electron chi connectivity index (χ4n) is 0.971. The topological polar surface area (TPSA) is 44.1 Å². The fourth-order valence-corrected chi connectivity index (χ4v) is 0.971. The summed E-state index contributed by atoms with van der Waals surface area (Å²) in [6, 6.07) is 1.83. The highest BCUT2D eigenvalue weighted by Crippen LogP contribution is 1.99. The average Bonchev–Trinajstić information content (AvgIpc) is 2.49. The van der Waals surface area contributed by atoms with Crippen molar-refractivity contribution in [2.45, 2.75) is 26.4 Å². The van der Waals surface area contributed by atoms with Gasteiger partial charge in [-0.05, 0) is 12.5 Å². The van der Waals surface area contributed by atoms with Gasteiger partial charge in [-0.2, -0.15) is 5.10 Å². The zero-order valence-electron chi connectivity index (χ0n) is 7.99. The number of carbonyl (C=O) groups is 1. The van der Waals surface area contributed by atoms with Gasteiger partial charge in [0.25, 0.3) is 0 Å². The molecule has 0 bridgehead atoms. The molecule has 1 rings (SSSR count). The lowest BCUT2D eigenvalue weighted by Gasteiger charge is -2.00. The molecule has 1 aromatic rings. The number of carbonyl (C=O) groups excluding carboxylic acids is 1. The smallest absolute Gasteiger partial charge is 0.306 e. The highest BCUT2D eigenvalue weighted by atomic mass is 16.5. The second kappa shape index (κ2) is 4.64. The van der Waals surface area contributed by atoms with Crippen LogP contribution in [-0.4, -0.2) is 15.7 Å². The van der Waals surface area contributed by atoms with Gasteiger partial charge in [0.05, 0.1) is 5.69 Å². The van der Waals surface area contributed by atoms with E-state index in [1.165, 1.54) is 0 Å².